The predicted molar refractivity (Wildman–Crippen MR) is 124 cm³/mol. The number of fused-ring (bicyclic) bond motifs is 5. The summed E-state index contributed by atoms with van der Waals surface area (Å²) in [5, 5.41) is 0.602. The largest absolute Gasteiger partial charge is 0.359 e. The lowest BCUT2D eigenvalue weighted by Gasteiger charge is -2.37. The number of imide groups is 1. The second kappa shape index (κ2) is 7.19. The highest BCUT2D eigenvalue weighted by Crippen LogP contribution is 2.54. The summed E-state index contributed by atoms with van der Waals surface area (Å²) in [6.07, 6.45) is 3.81. The van der Waals surface area contributed by atoms with E-state index in [2.05, 4.69) is 0 Å². The van der Waals surface area contributed by atoms with Crippen LogP contribution in [0.4, 0.5) is 5.69 Å². The summed E-state index contributed by atoms with van der Waals surface area (Å²) in [6, 6.07) is 11.4. The molecule has 0 aliphatic carbocycles. The lowest BCUT2D eigenvalue weighted by atomic mass is 9.79. The standard InChI is InChI=1S/C25H22Cl2N2O3/c1-25(2,3)22(30)21-19-18(20-15-7-5-4-6-13(15)10-11-28(20)21)23(31)29(24(19)32)14-8-9-16(26)17(27)12-14/h4-12,18-21H,1-3H3/t18-,19+,20-,21-/m0/s1. The molecule has 32 heavy (non-hydrogen) atoms. The number of amides is 2. The van der Waals surface area contributed by atoms with E-state index in [1.165, 1.54) is 11.0 Å². The van der Waals surface area contributed by atoms with Crippen LogP contribution in [-0.2, 0) is 14.4 Å². The van der Waals surface area contributed by atoms with Crippen LogP contribution >= 0.6 is 23.2 Å². The van der Waals surface area contributed by atoms with Crippen molar-refractivity contribution in [2.24, 2.45) is 17.3 Å². The molecule has 2 saturated heterocycles. The third-order valence-electron chi connectivity index (χ3n) is 6.63. The van der Waals surface area contributed by atoms with Gasteiger partial charge in [-0.2, -0.15) is 0 Å². The smallest absolute Gasteiger partial charge is 0.240 e. The van der Waals surface area contributed by atoms with Crippen LogP contribution in [0.1, 0.15) is 37.9 Å². The van der Waals surface area contributed by atoms with Crippen molar-refractivity contribution in [3.05, 3.63) is 69.8 Å². The van der Waals surface area contributed by atoms with Gasteiger partial charge in [-0.25, -0.2) is 4.90 Å². The van der Waals surface area contributed by atoms with Gasteiger partial charge in [0.2, 0.25) is 11.8 Å². The van der Waals surface area contributed by atoms with Crippen molar-refractivity contribution < 1.29 is 14.4 Å². The Balaban J connectivity index is 1.67. The Morgan fingerprint density at radius 3 is 2.31 bits per heavy atom. The molecule has 5 rings (SSSR count). The van der Waals surface area contributed by atoms with Gasteiger partial charge in [-0.1, -0.05) is 68.2 Å². The maximum absolute atomic E-state index is 13.7. The molecule has 164 valence electrons. The Morgan fingerprint density at radius 2 is 1.62 bits per heavy atom. The predicted octanol–water partition coefficient (Wildman–Crippen LogP) is 5.12. The number of hydrogen-bond donors (Lipinski definition) is 0. The van der Waals surface area contributed by atoms with Crippen molar-refractivity contribution in [3.63, 3.8) is 0 Å². The van der Waals surface area contributed by atoms with Crippen molar-refractivity contribution in [3.8, 4) is 0 Å². The molecule has 3 aliphatic rings. The van der Waals surface area contributed by atoms with E-state index in [4.69, 9.17) is 23.2 Å². The van der Waals surface area contributed by atoms with Gasteiger partial charge in [-0.3, -0.25) is 14.4 Å². The van der Waals surface area contributed by atoms with Crippen molar-refractivity contribution in [2.45, 2.75) is 32.9 Å². The monoisotopic (exact) mass is 468 g/mol. The Hall–Kier alpha value is -2.63. The molecule has 0 unspecified atom stereocenters. The summed E-state index contributed by atoms with van der Waals surface area (Å²) < 4.78 is 0. The number of carbonyl (C=O) groups excluding carboxylic acids is 3. The zero-order chi connectivity index (χ0) is 22.9. The van der Waals surface area contributed by atoms with Gasteiger partial charge in [0.05, 0.1) is 33.6 Å². The van der Waals surface area contributed by atoms with Gasteiger partial charge in [0, 0.05) is 11.6 Å². The molecule has 3 aliphatic heterocycles. The van der Waals surface area contributed by atoms with Gasteiger partial charge in [0.25, 0.3) is 0 Å². The van der Waals surface area contributed by atoms with Gasteiger partial charge in [0.15, 0.2) is 5.78 Å². The molecular formula is C25H22Cl2N2O3. The van der Waals surface area contributed by atoms with Gasteiger partial charge in [-0.05, 0) is 35.4 Å². The fourth-order valence-corrected chi connectivity index (χ4v) is 5.47. The van der Waals surface area contributed by atoms with Crippen molar-refractivity contribution in [1.29, 1.82) is 0 Å². The van der Waals surface area contributed by atoms with Gasteiger partial charge in [-0.15, -0.1) is 0 Å². The molecule has 0 N–H and O–H groups in total. The van der Waals surface area contributed by atoms with Crippen LogP contribution in [0.25, 0.3) is 6.08 Å². The number of ketones is 1. The molecule has 7 heteroatoms. The summed E-state index contributed by atoms with van der Waals surface area (Å²) in [4.78, 5) is 44.1. The van der Waals surface area contributed by atoms with E-state index in [1.807, 2.05) is 62.2 Å². The molecule has 0 saturated carbocycles. The zero-order valence-electron chi connectivity index (χ0n) is 17.9. The van der Waals surface area contributed by atoms with Crippen LogP contribution in [0, 0.1) is 17.3 Å². The number of carbonyl (C=O) groups is 3. The molecule has 5 nitrogen and oxygen atoms in total. The van der Waals surface area contributed by atoms with Gasteiger partial charge >= 0.3 is 0 Å². The van der Waals surface area contributed by atoms with E-state index in [1.54, 1.807) is 12.1 Å². The number of benzene rings is 2. The number of halogens is 2. The van der Waals surface area contributed by atoms with Crippen LogP contribution in [0.5, 0.6) is 0 Å². The number of anilines is 1. The summed E-state index contributed by atoms with van der Waals surface area (Å²) in [6.45, 7) is 5.53. The minimum absolute atomic E-state index is 0.0591. The Bertz CT molecular complexity index is 1200. The van der Waals surface area contributed by atoms with E-state index in [-0.39, 0.29) is 28.7 Å². The topological polar surface area (TPSA) is 57.7 Å². The number of hydrogen-bond acceptors (Lipinski definition) is 4. The third-order valence-corrected chi connectivity index (χ3v) is 7.37. The van der Waals surface area contributed by atoms with Crippen molar-refractivity contribution >= 4 is 52.6 Å². The summed E-state index contributed by atoms with van der Waals surface area (Å²) in [5.41, 5.74) is 1.64. The van der Waals surface area contributed by atoms with Gasteiger partial charge < -0.3 is 4.90 Å². The molecule has 3 heterocycles. The molecule has 2 fully saturated rings. The normalized spacial score (nSPS) is 26.3. The first-order valence-electron chi connectivity index (χ1n) is 10.5. The average molecular weight is 469 g/mol. The number of rotatable bonds is 2. The van der Waals surface area contributed by atoms with Crippen LogP contribution in [0.2, 0.25) is 10.0 Å². The Morgan fingerprint density at radius 1 is 0.938 bits per heavy atom. The van der Waals surface area contributed by atoms with Crippen LogP contribution in [0.15, 0.2) is 48.7 Å². The maximum atomic E-state index is 13.7. The van der Waals surface area contributed by atoms with Crippen molar-refractivity contribution in [1.82, 2.24) is 4.90 Å². The highest BCUT2D eigenvalue weighted by atomic mass is 35.5. The Labute approximate surface area is 196 Å². The molecule has 2 amide bonds. The molecule has 0 radical (unpaired) electrons. The molecule has 4 atom stereocenters. The van der Waals surface area contributed by atoms with Gasteiger partial charge in [0.1, 0.15) is 6.04 Å². The average Bonchev–Trinajstić information content (AvgIpc) is 3.22. The quantitative estimate of drug-likeness (QED) is 0.573. The first kappa shape index (κ1) is 21.2. The van der Waals surface area contributed by atoms with E-state index in [0.717, 1.165) is 11.1 Å². The van der Waals surface area contributed by atoms with Crippen LogP contribution in [-0.4, -0.2) is 28.5 Å². The van der Waals surface area contributed by atoms with E-state index >= 15 is 0 Å². The number of Topliss-reactive ketones (excluding diaryl/α,β-unsaturated/α-hetero) is 1. The lowest BCUT2D eigenvalue weighted by molar-refractivity contribution is -0.135. The maximum Gasteiger partial charge on any atom is 0.240 e. The van der Waals surface area contributed by atoms with Crippen molar-refractivity contribution in [2.75, 3.05) is 4.90 Å². The summed E-state index contributed by atoms with van der Waals surface area (Å²) in [5.74, 6) is -2.19. The zero-order valence-corrected chi connectivity index (χ0v) is 19.4. The molecule has 2 aromatic carbocycles. The first-order valence-corrected chi connectivity index (χ1v) is 11.3. The minimum Gasteiger partial charge on any atom is -0.359 e. The van der Waals surface area contributed by atoms with E-state index in [9.17, 15) is 14.4 Å². The van der Waals surface area contributed by atoms with Crippen LogP contribution < -0.4 is 4.90 Å². The second-order valence-corrected chi connectivity index (χ2v) is 10.4. The fourth-order valence-electron chi connectivity index (χ4n) is 5.18. The molecule has 0 aromatic heterocycles. The summed E-state index contributed by atoms with van der Waals surface area (Å²) >= 11 is 12.2. The third kappa shape index (κ3) is 2.95. The fraction of sp³-hybridized carbons (Fsp3) is 0.320. The summed E-state index contributed by atoms with van der Waals surface area (Å²) in [7, 11) is 0. The minimum atomic E-state index is -0.774. The lowest BCUT2D eigenvalue weighted by Crippen LogP contribution is -2.47. The molecule has 0 bridgehead atoms. The SMILES string of the molecule is CC(C)(C)C(=O)[C@@H]1[C@@H]2C(=O)N(c3ccc(Cl)c(Cl)c3)C(=O)[C@@H]2[C@@H]2c3ccccc3C=CN12. The van der Waals surface area contributed by atoms with Crippen LogP contribution in [0.3, 0.4) is 0 Å². The molecule has 0 spiro atoms. The highest BCUT2D eigenvalue weighted by Gasteiger charge is 2.65. The second-order valence-electron chi connectivity index (χ2n) is 9.56. The Kier molecular flexibility index (Phi) is 4.77. The number of nitrogens with zero attached hydrogens (tertiary/aromatic N) is 2. The first-order chi connectivity index (χ1) is 15.1. The molecule has 2 aromatic rings. The van der Waals surface area contributed by atoms with E-state index < -0.39 is 23.3 Å². The molecular weight excluding hydrogens is 447 g/mol. The highest BCUT2D eigenvalue weighted by molar-refractivity contribution is 6.42. The van der Waals surface area contributed by atoms with E-state index in [0.29, 0.717) is 10.7 Å².